The van der Waals surface area contributed by atoms with E-state index in [4.69, 9.17) is 17.3 Å². The Labute approximate surface area is 118 Å². The van der Waals surface area contributed by atoms with Crippen LogP contribution in [0.15, 0.2) is 18.2 Å². The average molecular weight is 287 g/mol. The van der Waals surface area contributed by atoms with E-state index < -0.39 is 11.4 Å². The molecule has 0 radical (unpaired) electrons. The molecule has 0 spiro atoms. The summed E-state index contributed by atoms with van der Waals surface area (Å²) in [6, 6.07) is 3.90. The summed E-state index contributed by atoms with van der Waals surface area (Å²) >= 11 is 5.67. The first-order chi connectivity index (χ1) is 8.77. The summed E-state index contributed by atoms with van der Waals surface area (Å²) in [7, 11) is 0. The van der Waals surface area contributed by atoms with E-state index in [1.165, 1.54) is 18.2 Å². The second kappa shape index (κ2) is 6.35. The minimum atomic E-state index is -0.540. The maximum absolute atomic E-state index is 13.1. The molecular formula is C14H20ClFN2O. The van der Waals surface area contributed by atoms with Gasteiger partial charge in [-0.3, -0.25) is 4.79 Å². The summed E-state index contributed by atoms with van der Waals surface area (Å²) < 4.78 is 13.1. The lowest BCUT2D eigenvalue weighted by Crippen LogP contribution is -2.52. The molecule has 1 amide bonds. The third kappa shape index (κ3) is 4.48. The molecule has 0 heterocycles. The SMILES string of the molecule is CC(C)CC(C)(CN)NC(=O)c1ccc(F)c(Cl)c1. The Morgan fingerprint density at radius 2 is 2.16 bits per heavy atom. The van der Waals surface area contributed by atoms with Crippen LogP contribution in [0.1, 0.15) is 37.6 Å². The van der Waals surface area contributed by atoms with Crippen LogP contribution >= 0.6 is 11.6 Å². The molecule has 0 aromatic heterocycles. The van der Waals surface area contributed by atoms with Gasteiger partial charge in [0.15, 0.2) is 0 Å². The molecule has 1 atom stereocenters. The lowest BCUT2D eigenvalue weighted by Gasteiger charge is -2.31. The zero-order chi connectivity index (χ0) is 14.6. The third-order valence-corrected chi connectivity index (χ3v) is 3.20. The Morgan fingerprint density at radius 1 is 1.53 bits per heavy atom. The number of rotatable bonds is 5. The zero-order valence-corrected chi connectivity index (χ0v) is 12.2. The third-order valence-electron chi connectivity index (χ3n) is 2.91. The summed E-state index contributed by atoms with van der Waals surface area (Å²) in [4.78, 5) is 12.1. The molecule has 1 aromatic rings. The molecule has 3 N–H and O–H groups in total. The molecule has 0 aliphatic rings. The number of halogens is 2. The van der Waals surface area contributed by atoms with Gasteiger partial charge in [0.2, 0.25) is 0 Å². The van der Waals surface area contributed by atoms with Gasteiger partial charge >= 0.3 is 0 Å². The van der Waals surface area contributed by atoms with Crippen LogP contribution < -0.4 is 11.1 Å². The summed E-state index contributed by atoms with van der Waals surface area (Å²) in [5, 5.41) is 2.83. The van der Waals surface area contributed by atoms with E-state index in [1.54, 1.807) is 0 Å². The number of carbonyl (C=O) groups excluding carboxylic acids is 1. The van der Waals surface area contributed by atoms with Gasteiger partial charge in [-0.2, -0.15) is 0 Å². The second-order valence-corrected chi connectivity index (χ2v) is 5.85. The first kappa shape index (κ1) is 15.9. The van der Waals surface area contributed by atoms with Gasteiger partial charge in [0.05, 0.1) is 5.02 Å². The number of nitrogens with one attached hydrogen (secondary N) is 1. The first-order valence-electron chi connectivity index (χ1n) is 6.25. The molecule has 0 aliphatic carbocycles. The molecule has 0 saturated carbocycles. The van der Waals surface area contributed by atoms with E-state index in [0.717, 1.165) is 6.42 Å². The predicted octanol–water partition coefficient (Wildman–Crippen LogP) is 2.97. The van der Waals surface area contributed by atoms with Crippen molar-refractivity contribution in [3.05, 3.63) is 34.6 Å². The number of hydrogen-bond donors (Lipinski definition) is 2. The molecule has 0 aliphatic heterocycles. The van der Waals surface area contributed by atoms with Crippen molar-refractivity contribution in [2.24, 2.45) is 11.7 Å². The Bertz CT molecular complexity index is 465. The van der Waals surface area contributed by atoms with Crippen LogP contribution in [0.25, 0.3) is 0 Å². The summed E-state index contributed by atoms with van der Waals surface area (Å²) in [6.07, 6.45) is 0.768. The normalized spacial score (nSPS) is 14.3. The van der Waals surface area contributed by atoms with Crippen molar-refractivity contribution in [1.29, 1.82) is 0 Å². The fourth-order valence-corrected chi connectivity index (χ4v) is 2.25. The minimum Gasteiger partial charge on any atom is -0.346 e. The summed E-state index contributed by atoms with van der Waals surface area (Å²) in [6.45, 7) is 6.37. The molecule has 0 bridgehead atoms. The first-order valence-corrected chi connectivity index (χ1v) is 6.63. The lowest BCUT2D eigenvalue weighted by atomic mass is 9.90. The molecule has 5 heteroatoms. The van der Waals surface area contributed by atoms with Gasteiger partial charge in [-0.05, 0) is 37.5 Å². The van der Waals surface area contributed by atoms with Crippen LogP contribution in [0.2, 0.25) is 5.02 Å². The zero-order valence-electron chi connectivity index (χ0n) is 11.5. The molecular weight excluding hydrogens is 267 g/mol. The van der Waals surface area contributed by atoms with E-state index in [9.17, 15) is 9.18 Å². The van der Waals surface area contributed by atoms with Gasteiger partial charge in [0.1, 0.15) is 5.82 Å². The van der Waals surface area contributed by atoms with E-state index in [-0.39, 0.29) is 10.9 Å². The standard InChI is InChI=1S/C14H20ClFN2O/c1-9(2)7-14(3,8-17)18-13(19)10-4-5-12(16)11(15)6-10/h4-6,9H,7-8,17H2,1-3H3,(H,18,19). The van der Waals surface area contributed by atoms with Gasteiger partial charge in [0.25, 0.3) is 5.91 Å². The van der Waals surface area contributed by atoms with Crippen molar-refractivity contribution in [3.8, 4) is 0 Å². The highest BCUT2D eigenvalue weighted by Gasteiger charge is 2.26. The fraction of sp³-hybridized carbons (Fsp3) is 0.500. The number of benzene rings is 1. The van der Waals surface area contributed by atoms with Gasteiger partial charge in [-0.25, -0.2) is 4.39 Å². The highest BCUT2D eigenvalue weighted by Crippen LogP contribution is 2.19. The largest absolute Gasteiger partial charge is 0.346 e. The van der Waals surface area contributed by atoms with E-state index >= 15 is 0 Å². The molecule has 1 rings (SSSR count). The lowest BCUT2D eigenvalue weighted by molar-refractivity contribution is 0.0898. The van der Waals surface area contributed by atoms with Crippen LogP contribution in [-0.2, 0) is 0 Å². The van der Waals surface area contributed by atoms with Crippen molar-refractivity contribution in [2.45, 2.75) is 32.7 Å². The average Bonchev–Trinajstić information content (AvgIpc) is 2.31. The molecule has 0 saturated heterocycles. The van der Waals surface area contributed by atoms with Crippen LogP contribution in [0.5, 0.6) is 0 Å². The van der Waals surface area contributed by atoms with Crippen molar-refractivity contribution >= 4 is 17.5 Å². The highest BCUT2D eigenvalue weighted by molar-refractivity contribution is 6.31. The highest BCUT2D eigenvalue weighted by atomic mass is 35.5. The summed E-state index contributed by atoms with van der Waals surface area (Å²) in [5.41, 5.74) is 5.58. The molecule has 1 aromatic carbocycles. The maximum Gasteiger partial charge on any atom is 0.251 e. The molecule has 0 fully saturated rings. The van der Waals surface area contributed by atoms with E-state index in [1.807, 2.05) is 6.92 Å². The number of hydrogen-bond acceptors (Lipinski definition) is 2. The van der Waals surface area contributed by atoms with E-state index in [0.29, 0.717) is 18.0 Å². The van der Waals surface area contributed by atoms with Gasteiger partial charge in [-0.1, -0.05) is 25.4 Å². The molecule has 1 unspecified atom stereocenters. The topological polar surface area (TPSA) is 55.1 Å². The van der Waals surface area contributed by atoms with Crippen molar-refractivity contribution < 1.29 is 9.18 Å². The van der Waals surface area contributed by atoms with Crippen LogP contribution in [-0.4, -0.2) is 18.0 Å². The molecule has 106 valence electrons. The van der Waals surface area contributed by atoms with Gasteiger partial charge < -0.3 is 11.1 Å². The maximum atomic E-state index is 13.1. The number of carbonyl (C=O) groups is 1. The second-order valence-electron chi connectivity index (χ2n) is 5.45. The number of nitrogens with two attached hydrogens (primary N) is 1. The fourth-order valence-electron chi connectivity index (χ4n) is 2.07. The van der Waals surface area contributed by atoms with Crippen LogP contribution in [0.4, 0.5) is 4.39 Å². The smallest absolute Gasteiger partial charge is 0.251 e. The predicted molar refractivity (Wildman–Crippen MR) is 75.8 cm³/mol. The Hall–Kier alpha value is -1.13. The quantitative estimate of drug-likeness (QED) is 0.874. The van der Waals surface area contributed by atoms with Crippen molar-refractivity contribution in [1.82, 2.24) is 5.32 Å². The minimum absolute atomic E-state index is 0.0639. The molecule has 19 heavy (non-hydrogen) atoms. The van der Waals surface area contributed by atoms with E-state index in [2.05, 4.69) is 19.2 Å². The number of amides is 1. The monoisotopic (exact) mass is 286 g/mol. The van der Waals surface area contributed by atoms with Gasteiger partial charge in [0, 0.05) is 17.6 Å². The Balaban J connectivity index is 2.85. The Kier molecular flexibility index (Phi) is 5.32. The van der Waals surface area contributed by atoms with Crippen LogP contribution in [0.3, 0.4) is 0 Å². The summed E-state index contributed by atoms with van der Waals surface area (Å²) in [5.74, 6) is -0.428. The van der Waals surface area contributed by atoms with Crippen molar-refractivity contribution in [3.63, 3.8) is 0 Å². The molecule has 3 nitrogen and oxygen atoms in total. The van der Waals surface area contributed by atoms with Gasteiger partial charge in [-0.15, -0.1) is 0 Å². The van der Waals surface area contributed by atoms with Crippen molar-refractivity contribution in [2.75, 3.05) is 6.54 Å². The Morgan fingerprint density at radius 3 is 2.63 bits per heavy atom. The van der Waals surface area contributed by atoms with Crippen LogP contribution in [0, 0.1) is 11.7 Å².